The number of rotatable bonds is 6. The van der Waals surface area contributed by atoms with Gasteiger partial charge < -0.3 is 9.05 Å². The quantitative estimate of drug-likeness (QED) is 0.523. The van der Waals surface area contributed by atoms with Crippen LogP contribution in [-0.2, 0) is 18.4 Å². The van der Waals surface area contributed by atoms with Crippen molar-refractivity contribution in [3.05, 3.63) is 11.9 Å². The second kappa shape index (κ2) is 6.21. The van der Waals surface area contributed by atoms with Crippen molar-refractivity contribution in [2.24, 2.45) is 0 Å². The van der Waals surface area contributed by atoms with Gasteiger partial charge in [0.15, 0.2) is 5.78 Å². The van der Waals surface area contributed by atoms with E-state index in [9.17, 15) is 9.36 Å². The predicted molar refractivity (Wildman–Crippen MR) is 59.9 cm³/mol. The lowest BCUT2D eigenvalue weighted by atomic mass is 10.5. The molecule has 0 bridgehead atoms. The Morgan fingerprint density at radius 2 is 1.53 bits per heavy atom. The number of hydrogen-bond donors (Lipinski definition) is 0. The first-order valence-corrected chi connectivity index (χ1v) is 6.52. The van der Waals surface area contributed by atoms with Gasteiger partial charge >= 0.3 is 7.60 Å². The van der Waals surface area contributed by atoms with E-state index < -0.39 is 7.60 Å². The summed E-state index contributed by atoms with van der Waals surface area (Å²) >= 11 is 0. The van der Waals surface area contributed by atoms with Crippen molar-refractivity contribution < 1.29 is 18.4 Å². The van der Waals surface area contributed by atoms with Crippen LogP contribution in [0.2, 0.25) is 0 Å². The van der Waals surface area contributed by atoms with E-state index in [4.69, 9.17) is 9.05 Å². The highest BCUT2D eigenvalue weighted by Gasteiger charge is 2.24. The largest absolute Gasteiger partial charge is 0.354 e. The first kappa shape index (κ1) is 14.6. The van der Waals surface area contributed by atoms with Crippen molar-refractivity contribution >= 4 is 13.4 Å². The van der Waals surface area contributed by atoms with E-state index in [0.717, 1.165) is 0 Å². The average molecular weight is 234 g/mol. The third-order valence-corrected chi connectivity index (χ3v) is 3.15. The molecule has 88 valence electrons. The molecule has 0 unspecified atom stereocenters. The van der Waals surface area contributed by atoms with Crippen molar-refractivity contribution in [1.29, 1.82) is 0 Å². The zero-order valence-corrected chi connectivity index (χ0v) is 10.8. The summed E-state index contributed by atoms with van der Waals surface area (Å²) in [5, 5.41) is 0. The number of allylic oxidation sites excluding steroid dienone is 1. The molecule has 0 aliphatic heterocycles. The second-order valence-corrected chi connectivity index (χ2v) is 5.57. The highest BCUT2D eigenvalue weighted by Crippen LogP contribution is 2.51. The number of carbonyl (C=O) groups excluding carboxylic acids is 1. The first-order chi connectivity index (χ1) is 6.75. The second-order valence-electron chi connectivity index (χ2n) is 3.77. The van der Waals surface area contributed by atoms with E-state index in [0.29, 0.717) is 0 Å². The Bertz CT molecular complexity index is 267. The maximum absolute atomic E-state index is 12.1. The Kier molecular flexibility index (Phi) is 6.03. The summed E-state index contributed by atoms with van der Waals surface area (Å²) in [6.07, 6.45) is 0.781. The molecule has 15 heavy (non-hydrogen) atoms. The molecule has 0 aliphatic carbocycles. The van der Waals surface area contributed by atoms with Crippen LogP contribution in [0.4, 0.5) is 0 Å². The molecule has 0 saturated heterocycles. The highest BCUT2D eigenvalue weighted by molar-refractivity contribution is 7.57. The van der Waals surface area contributed by atoms with Crippen molar-refractivity contribution in [1.82, 2.24) is 0 Å². The van der Waals surface area contributed by atoms with Gasteiger partial charge in [0.05, 0.1) is 12.2 Å². The van der Waals surface area contributed by atoms with Crippen LogP contribution in [0.15, 0.2) is 11.9 Å². The number of ketones is 1. The molecule has 0 saturated carbocycles. The van der Waals surface area contributed by atoms with E-state index >= 15 is 0 Å². The molecule has 0 spiro atoms. The lowest BCUT2D eigenvalue weighted by molar-refractivity contribution is -0.112. The third kappa shape index (κ3) is 7.48. The molecule has 4 nitrogen and oxygen atoms in total. The summed E-state index contributed by atoms with van der Waals surface area (Å²) in [5.74, 6) is 1.03. The number of hydrogen-bond acceptors (Lipinski definition) is 4. The fraction of sp³-hybridized carbons (Fsp3) is 0.700. The summed E-state index contributed by atoms with van der Waals surface area (Å²) in [5.41, 5.74) is 0. The van der Waals surface area contributed by atoms with Crippen LogP contribution in [0.3, 0.4) is 0 Å². The Hall–Kier alpha value is -0.440. The molecular formula is C10H19O4P. The standard InChI is InChI=1S/C10H19O4P/c1-8(2)13-15(12,14-9(3)4)7-6-10(5)11/h6-9H,1-5H3/b7-6+. The van der Waals surface area contributed by atoms with Gasteiger partial charge in [-0.05, 0) is 40.7 Å². The van der Waals surface area contributed by atoms with Gasteiger partial charge in [0.2, 0.25) is 0 Å². The topological polar surface area (TPSA) is 52.6 Å². The molecule has 0 amide bonds. The van der Waals surface area contributed by atoms with Gasteiger partial charge in [-0.15, -0.1) is 0 Å². The SMILES string of the molecule is CC(=O)/C=C/P(=O)(OC(C)C)OC(C)C. The van der Waals surface area contributed by atoms with Gasteiger partial charge in [0.1, 0.15) is 0 Å². The summed E-state index contributed by atoms with van der Waals surface area (Å²) in [7, 11) is -3.29. The summed E-state index contributed by atoms with van der Waals surface area (Å²) in [6, 6.07) is 0. The Morgan fingerprint density at radius 1 is 1.13 bits per heavy atom. The molecular weight excluding hydrogens is 215 g/mol. The maximum atomic E-state index is 12.1. The van der Waals surface area contributed by atoms with Crippen LogP contribution >= 0.6 is 7.60 Å². The van der Waals surface area contributed by atoms with Crippen LogP contribution < -0.4 is 0 Å². The zero-order valence-electron chi connectivity index (χ0n) is 9.89. The molecule has 0 atom stereocenters. The van der Waals surface area contributed by atoms with Crippen LogP contribution in [0.25, 0.3) is 0 Å². The molecule has 0 N–H and O–H groups in total. The molecule has 0 aromatic carbocycles. The molecule has 0 rings (SSSR count). The molecule has 0 heterocycles. The third-order valence-electron chi connectivity index (χ3n) is 1.21. The summed E-state index contributed by atoms with van der Waals surface area (Å²) in [4.78, 5) is 10.7. The normalized spacial score (nSPS) is 13.0. The van der Waals surface area contributed by atoms with Gasteiger partial charge in [-0.2, -0.15) is 0 Å². The Labute approximate surface area is 91.2 Å². The van der Waals surface area contributed by atoms with Gasteiger partial charge in [0.25, 0.3) is 0 Å². The summed E-state index contributed by atoms with van der Waals surface area (Å²) < 4.78 is 22.4. The maximum Gasteiger partial charge on any atom is 0.354 e. The minimum Gasteiger partial charge on any atom is -0.303 e. The van der Waals surface area contributed by atoms with Gasteiger partial charge in [-0.1, -0.05) is 0 Å². The average Bonchev–Trinajstić information content (AvgIpc) is 1.97. The van der Waals surface area contributed by atoms with Crippen LogP contribution in [0, 0.1) is 0 Å². The smallest absolute Gasteiger partial charge is 0.303 e. The van der Waals surface area contributed by atoms with E-state index in [2.05, 4.69) is 0 Å². The fourth-order valence-corrected chi connectivity index (χ4v) is 2.64. The lowest BCUT2D eigenvalue weighted by Crippen LogP contribution is -2.06. The van der Waals surface area contributed by atoms with Gasteiger partial charge in [-0.3, -0.25) is 9.36 Å². The number of carbonyl (C=O) groups is 1. The minimum absolute atomic E-state index is 0.185. The Morgan fingerprint density at radius 3 is 1.80 bits per heavy atom. The van der Waals surface area contributed by atoms with E-state index in [-0.39, 0.29) is 18.0 Å². The molecule has 0 aromatic rings. The van der Waals surface area contributed by atoms with Gasteiger partial charge in [-0.25, -0.2) is 0 Å². The van der Waals surface area contributed by atoms with E-state index in [1.807, 2.05) is 0 Å². The van der Waals surface area contributed by atoms with E-state index in [1.54, 1.807) is 27.7 Å². The first-order valence-electron chi connectivity index (χ1n) is 4.91. The lowest BCUT2D eigenvalue weighted by Gasteiger charge is -2.19. The van der Waals surface area contributed by atoms with Crippen molar-refractivity contribution in [3.63, 3.8) is 0 Å². The van der Waals surface area contributed by atoms with Crippen LogP contribution in [0.1, 0.15) is 34.6 Å². The van der Waals surface area contributed by atoms with Crippen molar-refractivity contribution in [2.45, 2.75) is 46.8 Å². The Balaban J connectivity index is 4.70. The monoisotopic (exact) mass is 234 g/mol. The van der Waals surface area contributed by atoms with Crippen molar-refractivity contribution in [2.75, 3.05) is 0 Å². The summed E-state index contributed by atoms with van der Waals surface area (Å²) in [6.45, 7) is 8.43. The molecule has 0 fully saturated rings. The molecule has 5 heteroatoms. The van der Waals surface area contributed by atoms with Gasteiger partial charge in [0, 0.05) is 5.82 Å². The zero-order chi connectivity index (χ0) is 12.1. The fourth-order valence-electron chi connectivity index (χ4n) is 0.879. The minimum atomic E-state index is -3.29. The van der Waals surface area contributed by atoms with Crippen LogP contribution in [0.5, 0.6) is 0 Å². The van der Waals surface area contributed by atoms with Crippen molar-refractivity contribution in [3.8, 4) is 0 Å². The molecule has 0 radical (unpaired) electrons. The van der Waals surface area contributed by atoms with Crippen LogP contribution in [-0.4, -0.2) is 18.0 Å². The molecule has 0 aromatic heterocycles. The molecule has 0 aliphatic rings. The predicted octanol–water partition coefficient (Wildman–Crippen LogP) is 3.13. The van der Waals surface area contributed by atoms with E-state index in [1.165, 1.54) is 18.8 Å². The highest BCUT2D eigenvalue weighted by atomic mass is 31.2.